The van der Waals surface area contributed by atoms with Crippen molar-refractivity contribution in [2.24, 2.45) is 5.41 Å². The standard InChI is InChI=1S/C20H30O2/c1-5-13-19(4,6-2)18(21)22-20(14-7-8-15-20)17-11-9-16(3)10-12-17/h9-12H,5-8,13-15H2,1-4H3. The van der Waals surface area contributed by atoms with Gasteiger partial charge in [0.1, 0.15) is 5.60 Å². The smallest absolute Gasteiger partial charge is 0.312 e. The van der Waals surface area contributed by atoms with Gasteiger partial charge in [0, 0.05) is 0 Å². The zero-order valence-electron chi connectivity index (χ0n) is 14.6. The molecule has 1 atom stereocenters. The Bertz CT molecular complexity index is 497. The quantitative estimate of drug-likeness (QED) is 0.646. The molecule has 0 aromatic heterocycles. The molecular formula is C20H30O2. The summed E-state index contributed by atoms with van der Waals surface area (Å²) in [5.41, 5.74) is 1.66. The molecule has 0 amide bonds. The number of benzene rings is 1. The third-order valence-corrected chi connectivity index (χ3v) is 5.35. The fraction of sp³-hybridized carbons (Fsp3) is 0.650. The predicted molar refractivity (Wildman–Crippen MR) is 90.7 cm³/mol. The van der Waals surface area contributed by atoms with Gasteiger partial charge in [-0.2, -0.15) is 0 Å². The molecule has 1 aliphatic rings. The number of esters is 1. The minimum absolute atomic E-state index is 0.0145. The topological polar surface area (TPSA) is 26.3 Å². The van der Waals surface area contributed by atoms with E-state index >= 15 is 0 Å². The van der Waals surface area contributed by atoms with Gasteiger partial charge in [0.25, 0.3) is 0 Å². The van der Waals surface area contributed by atoms with E-state index in [1.165, 1.54) is 11.1 Å². The zero-order chi connectivity index (χ0) is 16.2. The Morgan fingerprint density at radius 3 is 2.27 bits per heavy atom. The minimum Gasteiger partial charge on any atom is -0.454 e. The maximum atomic E-state index is 12.9. The van der Waals surface area contributed by atoms with Crippen LogP contribution in [-0.2, 0) is 15.1 Å². The molecule has 0 radical (unpaired) electrons. The molecule has 0 heterocycles. The van der Waals surface area contributed by atoms with Crippen molar-refractivity contribution in [2.45, 2.75) is 78.2 Å². The van der Waals surface area contributed by atoms with Gasteiger partial charge in [0.2, 0.25) is 0 Å². The molecule has 0 aliphatic heterocycles. The molecule has 1 aromatic rings. The largest absolute Gasteiger partial charge is 0.454 e. The Morgan fingerprint density at radius 2 is 1.77 bits per heavy atom. The lowest BCUT2D eigenvalue weighted by atomic mass is 9.82. The molecule has 2 nitrogen and oxygen atoms in total. The van der Waals surface area contributed by atoms with Crippen molar-refractivity contribution in [2.75, 3.05) is 0 Å². The van der Waals surface area contributed by atoms with Gasteiger partial charge in [0.15, 0.2) is 0 Å². The normalized spacial score (nSPS) is 19.6. The molecule has 1 saturated carbocycles. The van der Waals surface area contributed by atoms with E-state index in [9.17, 15) is 4.79 Å². The average Bonchev–Trinajstić information content (AvgIpc) is 2.97. The second-order valence-electron chi connectivity index (χ2n) is 7.12. The van der Waals surface area contributed by atoms with Crippen LogP contribution in [0.15, 0.2) is 24.3 Å². The maximum absolute atomic E-state index is 12.9. The fourth-order valence-corrected chi connectivity index (χ4v) is 3.53. The monoisotopic (exact) mass is 302 g/mol. The molecular weight excluding hydrogens is 272 g/mol. The van der Waals surface area contributed by atoms with Gasteiger partial charge in [-0.25, -0.2) is 0 Å². The highest BCUT2D eigenvalue weighted by molar-refractivity contribution is 5.77. The molecule has 1 aromatic carbocycles. The highest BCUT2D eigenvalue weighted by Gasteiger charge is 2.43. The van der Waals surface area contributed by atoms with E-state index < -0.39 is 5.60 Å². The summed E-state index contributed by atoms with van der Waals surface area (Å²) in [4.78, 5) is 12.9. The van der Waals surface area contributed by atoms with Crippen molar-refractivity contribution in [1.82, 2.24) is 0 Å². The van der Waals surface area contributed by atoms with Crippen LogP contribution in [0.25, 0.3) is 0 Å². The number of hydrogen-bond donors (Lipinski definition) is 0. The van der Waals surface area contributed by atoms with E-state index in [-0.39, 0.29) is 11.4 Å². The second kappa shape index (κ2) is 6.85. The Kier molecular flexibility index (Phi) is 5.31. The number of carbonyl (C=O) groups excluding carboxylic acids is 1. The summed E-state index contributed by atoms with van der Waals surface area (Å²) in [5.74, 6) is -0.0145. The first-order valence-corrected chi connectivity index (χ1v) is 8.76. The van der Waals surface area contributed by atoms with Crippen LogP contribution in [0, 0.1) is 12.3 Å². The Labute approximate surface area is 135 Å². The molecule has 1 unspecified atom stereocenters. The Hall–Kier alpha value is -1.31. The van der Waals surface area contributed by atoms with Crippen LogP contribution < -0.4 is 0 Å². The first kappa shape index (κ1) is 17.1. The predicted octanol–water partition coefficient (Wildman–Crippen LogP) is 5.52. The van der Waals surface area contributed by atoms with E-state index in [0.717, 1.165) is 44.9 Å². The van der Waals surface area contributed by atoms with Gasteiger partial charge >= 0.3 is 5.97 Å². The van der Waals surface area contributed by atoms with Gasteiger partial charge in [-0.05, 0) is 57.9 Å². The van der Waals surface area contributed by atoms with Gasteiger partial charge < -0.3 is 4.74 Å². The van der Waals surface area contributed by atoms with Crippen molar-refractivity contribution in [1.29, 1.82) is 0 Å². The Morgan fingerprint density at radius 1 is 1.18 bits per heavy atom. The molecule has 1 aliphatic carbocycles. The van der Waals surface area contributed by atoms with Gasteiger partial charge in [-0.3, -0.25) is 4.79 Å². The number of rotatable bonds is 6. The van der Waals surface area contributed by atoms with E-state index in [1.807, 2.05) is 0 Å². The first-order valence-electron chi connectivity index (χ1n) is 8.76. The summed E-state index contributed by atoms with van der Waals surface area (Å²) in [7, 11) is 0. The summed E-state index contributed by atoms with van der Waals surface area (Å²) >= 11 is 0. The van der Waals surface area contributed by atoms with E-state index in [4.69, 9.17) is 4.74 Å². The molecule has 1 fully saturated rings. The highest BCUT2D eigenvalue weighted by atomic mass is 16.6. The second-order valence-corrected chi connectivity index (χ2v) is 7.12. The summed E-state index contributed by atoms with van der Waals surface area (Å²) in [6, 6.07) is 8.51. The maximum Gasteiger partial charge on any atom is 0.312 e. The molecule has 2 heteroatoms. The van der Waals surface area contributed by atoms with Gasteiger partial charge in [0.05, 0.1) is 5.41 Å². The van der Waals surface area contributed by atoms with Crippen LogP contribution in [0.3, 0.4) is 0 Å². The molecule has 22 heavy (non-hydrogen) atoms. The third kappa shape index (κ3) is 3.37. The molecule has 0 bridgehead atoms. The lowest BCUT2D eigenvalue weighted by Gasteiger charge is -2.35. The fourth-order valence-electron chi connectivity index (χ4n) is 3.53. The molecule has 0 N–H and O–H groups in total. The number of ether oxygens (including phenoxy) is 1. The van der Waals surface area contributed by atoms with E-state index in [0.29, 0.717) is 0 Å². The van der Waals surface area contributed by atoms with Crippen LogP contribution >= 0.6 is 0 Å². The molecule has 0 spiro atoms. The van der Waals surface area contributed by atoms with E-state index in [1.54, 1.807) is 0 Å². The molecule has 0 saturated heterocycles. The van der Waals surface area contributed by atoms with Gasteiger partial charge in [-0.15, -0.1) is 0 Å². The summed E-state index contributed by atoms with van der Waals surface area (Å²) < 4.78 is 6.19. The summed E-state index contributed by atoms with van der Waals surface area (Å²) in [5, 5.41) is 0. The van der Waals surface area contributed by atoms with Crippen molar-refractivity contribution in [3.63, 3.8) is 0 Å². The van der Waals surface area contributed by atoms with Crippen LogP contribution in [0.2, 0.25) is 0 Å². The lowest BCUT2D eigenvalue weighted by Crippen LogP contribution is -2.37. The van der Waals surface area contributed by atoms with Crippen molar-refractivity contribution in [3.8, 4) is 0 Å². The average molecular weight is 302 g/mol. The highest BCUT2D eigenvalue weighted by Crippen LogP contribution is 2.44. The third-order valence-electron chi connectivity index (χ3n) is 5.35. The summed E-state index contributed by atoms with van der Waals surface area (Å²) in [6.45, 7) is 8.36. The van der Waals surface area contributed by atoms with Crippen LogP contribution in [-0.4, -0.2) is 5.97 Å². The minimum atomic E-state index is -0.394. The number of hydrogen-bond acceptors (Lipinski definition) is 2. The SMILES string of the molecule is CCCC(C)(CC)C(=O)OC1(c2ccc(C)cc2)CCCC1. The van der Waals surface area contributed by atoms with Crippen LogP contribution in [0.4, 0.5) is 0 Å². The van der Waals surface area contributed by atoms with Crippen molar-refractivity contribution >= 4 is 5.97 Å². The van der Waals surface area contributed by atoms with Crippen molar-refractivity contribution in [3.05, 3.63) is 35.4 Å². The van der Waals surface area contributed by atoms with Crippen molar-refractivity contribution < 1.29 is 9.53 Å². The molecule has 122 valence electrons. The number of carbonyl (C=O) groups is 1. The number of aryl methyl sites for hydroxylation is 1. The van der Waals surface area contributed by atoms with Crippen LogP contribution in [0.1, 0.15) is 76.8 Å². The first-order chi connectivity index (χ1) is 10.5. The zero-order valence-corrected chi connectivity index (χ0v) is 14.6. The Balaban J connectivity index is 2.25. The summed E-state index contributed by atoms with van der Waals surface area (Å²) in [6.07, 6.45) is 6.92. The van der Waals surface area contributed by atoms with E-state index in [2.05, 4.69) is 52.0 Å². The molecule has 2 rings (SSSR count). The lowest BCUT2D eigenvalue weighted by molar-refractivity contribution is -0.173. The van der Waals surface area contributed by atoms with Gasteiger partial charge in [-0.1, -0.05) is 50.1 Å². The van der Waals surface area contributed by atoms with Crippen LogP contribution in [0.5, 0.6) is 0 Å².